The molecule has 0 radical (unpaired) electrons. The minimum absolute atomic E-state index is 0.0781. The number of esters is 1. The van der Waals surface area contributed by atoms with Gasteiger partial charge in [-0.15, -0.1) is 0 Å². The van der Waals surface area contributed by atoms with E-state index in [0.717, 1.165) is 17.3 Å². The fraction of sp³-hybridized carbons (Fsp3) is 0.438. The van der Waals surface area contributed by atoms with Gasteiger partial charge in [-0.05, 0) is 50.8 Å². The first-order valence-electron chi connectivity index (χ1n) is 6.80. The molecule has 3 heteroatoms. The summed E-state index contributed by atoms with van der Waals surface area (Å²) in [4.78, 5) is 12.2. The van der Waals surface area contributed by atoms with Gasteiger partial charge in [0.05, 0.1) is 6.10 Å². The summed E-state index contributed by atoms with van der Waals surface area (Å²) in [7, 11) is 0. The summed E-state index contributed by atoms with van der Waals surface area (Å²) >= 11 is 0. The van der Waals surface area contributed by atoms with E-state index in [-0.39, 0.29) is 18.1 Å². The molecule has 102 valence electrons. The molecule has 0 aliphatic heterocycles. The standard InChI is InChI=1S/C16H21NO2/c1-5-14(16(18)19-11(2)3)17-9-8-13-10-12(4)6-7-15(13)17/h6-11,14H,5H2,1-4H3. The number of aromatic nitrogens is 1. The molecule has 1 aromatic heterocycles. The third kappa shape index (κ3) is 2.80. The lowest BCUT2D eigenvalue weighted by Crippen LogP contribution is -2.23. The highest BCUT2D eigenvalue weighted by atomic mass is 16.5. The van der Waals surface area contributed by atoms with Gasteiger partial charge in [0.2, 0.25) is 0 Å². The summed E-state index contributed by atoms with van der Waals surface area (Å²) in [6.45, 7) is 7.83. The highest BCUT2D eigenvalue weighted by Gasteiger charge is 2.22. The molecule has 0 bridgehead atoms. The van der Waals surface area contributed by atoms with Crippen LogP contribution < -0.4 is 0 Å². The van der Waals surface area contributed by atoms with Crippen molar-refractivity contribution in [2.45, 2.75) is 46.3 Å². The Morgan fingerprint density at radius 1 is 1.32 bits per heavy atom. The van der Waals surface area contributed by atoms with E-state index in [0.29, 0.717) is 0 Å². The van der Waals surface area contributed by atoms with Crippen LogP contribution in [0.5, 0.6) is 0 Å². The maximum atomic E-state index is 12.2. The average Bonchev–Trinajstić information content (AvgIpc) is 2.72. The molecule has 1 atom stereocenters. The maximum absolute atomic E-state index is 12.2. The average molecular weight is 259 g/mol. The number of benzene rings is 1. The van der Waals surface area contributed by atoms with Crippen LogP contribution in [-0.2, 0) is 9.53 Å². The van der Waals surface area contributed by atoms with Crippen molar-refractivity contribution in [1.29, 1.82) is 0 Å². The Balaban J connectivity index is 2.38. The van der Waals surface area contributed by atoms with Crippen LogP contribution in [0.4, 0.5) is 0 Å². The van der Waals surface area contributed by atoms with E-state index >= 15 is 0 Å². The first-order valence-corrected chi connectivity index (χ1v) is 6.80. The van der Waals surface area contributed by atoms with Crippen LogP contribution in [0.2, 0.25) is 0 Å². The molecule has 0 N–H and O–H groups in total. The number of fused-ring (bicyclic) bond motifs is 1. The van der Waals surface area contributed by atoms with E-state index < -0.39 is 0 Å². The van der Waals surface area contributed by atoms with E-state index in [1.807, 2.05) is 37.6 Å². The molecule has 3 nitrogen and oxygen atoms in total. The molecule has 0 fully saturated rings. The third-order valence-electron chi connectivity index (χ3n) is 3.22. The molecular formula is C16H21NO2. The van der Waals surface area contributed by atoms with Crippen molar-refractivity contribution < 1.29 is 9.53 Å². The van der Waals surface area contributed by atoms with Gasteiger partial charge in [-0.3, -0.25) is 0 Å². The SMILES string of the molecule is CCC(C(=O)OC(C)C)n1ccc2cc(C)ccc21. The van der Waals surface area contributed by atoms with Crippen molar-refractivity contribution in [2.24, 2.45) is 0 Å². The maximum Gasteiger partial charge on any atom is 0.329 e. The zero-order chi connectivity index (χ0) is 14.0. The number of ether oxygens (including phenoxy) is 1. The lowest BCUT2D eigenvalue weighted by molar-refractivity contribution is -0.151. The summed E-state index contributed by atoms with van der Waals surface area (Å²) in [6.07, 6.45) is 2.62. The van der Waals surface area contributed by atoms with Gasteiger partial charge in [-0.2, -0.15) is 0 Å². The van der Waals surface area contributed by atoms with Crippen LogP contribution in [-0.4, -0.2) is 16.6 Å². The Labute approximate surface area is 114 Å². The molecule has 1 heterocycles. The van der Waals surface area contributed by atoms with Crippen molar-refractivity contribution in [3.63, 3.8) is 0 Å². The Kier molecular flexibility index (Phi) is 3.93. The molecule has 0 saturated carbocycles. The number of nitrogens with zero attached hydrogens (tertiary/aromatic N) is 1. The smallest absolute Gasteiger partial charge is 0.329 e. The summed E-state index contributed by atoms with van der Waals surface area (Å²) in [5, 5.41) is 1.16. The summed E-state index contributed by atoms with van der Waals surface area (Å²) < 4.78 is 7.35. The van der Waals surface area contributed by atoms with Gasteiger partial charge in [0.25, 0.3) is 0 Å². The van der Waals surface area contributed by atoms with Gasteiger partial charge in [0.1, 0.15) is 6.04 Å². The normalized spacial score (nSPS) is 12.9. The van der Waals surface area contributed by atoms with E-state index in [1.165, 1.54) is 5.56 Å². The topological polar surface area (TPSA) is 31.2 Å². The van der Waals surface area contributed by atoms with Crippen LogP contribution in [0.1, 0.15) is 38.8 Å². The van der Waals surface area contributed by atoms with Crippen LogP contribution in [0.15, 0.2) is 30.5 Å². The largest absolute Gasteiger partial charge is 0.461 e. The zero-order valence-corrected chi connectivity index (χ0v) is 12.0. The Hall–Kier alpha value is -1.77. The van der Waals surface area contributed by atoms with Crippen LogP contribution in [0.3, 0.4) is 0 Å². The lowest BCUT2D eigenvalue weighted by atomic mass is 10.1. The minimum Gasteiger partial charge on any atom is -0.461 e. The molecule has 2 aromatic rings. The number of hydrogen-bond donors (Lipinski definition) is 0. The van der Waals surface area contributed by atoms with Crippen molar-refractivity contribution >= 4 is 16.9 Å². The second-order valence-corrected chi connectivity index (χ2v) is 5.19. The second kappa shape index (κ2) is 5.47. The minimum atomic E-state index is -0.248. The van der Waals surface area contributed by atoms with Gasteiger partial charge in [-0.25, -0.2) is 4.79 Å². The fourth-order valence-corrected chi connectivity index (χ4v) is 2.34. The van der Waals surface area contributed by atoms with E-state index in [2.05, 4.69) is 25.1 Å². The van der Waals surface area contributed by atoms with Crippen molar-refractivity contribution in [2.75, 3.05) is 0 Å². The number of carbonyl (C=O) groups is 1. The molecule has 1 unspecified atom stereocenters. The third-order valence-corrected chi connectivity index (χ3v) is 3.22. The first-order chi connectivity index (χ1) is 9.02. The Morgan fingerprint density at radius 3 is 2.68 bits per heavy atom. The zero-order valence-electron chi connectivity index (χ0n) is 12.0. The van der Waals surface area contributed by atoms with E-state index in [9.17, 15) is 4.79 Å². The van der Waals surface area contributed by atoms with Gasteiger partial charge < -0.3 is 9.30 Å². The predicted molar refractivity (Wildman–Crippen MR) is 77.2 cm³/mol. The number of hydrogen-bond acceptors (Lipinski definition) is 2. The second-order valence-electron chi connectivity index (χ2n) is 5.19. The summed E-state index contributed by atoms with van der Waals surface area (Å²) in [5.41, 5.74) is 2.31. The first kappa shape index (κ1) is 13.7. The van der Waals surface area contributed by atoms with E-state index in [4.69, 9.17) is 4.74 Å². The molecule has 1 aromatic carbocycles. The molecule has 0 spiro atoms. The van der Waals surface area contributed by atoms with Gasteiger partial charge in [0, 0.05) is 11.7 Å². The predicted octanol–water partition coefficient (Wildman–Crippen LogP) is 3.85. The molecule has 0 saturated heterocycles. The molecule has 0 amide bonds. The van der Waals surface area contributed by atoms with Crippen LogP contribution in [0.25, 0.3) is 10.9 Å². The quantitative estimate of drug-likeness (QED) is 0.781. The molecule has 0 aliphatic carbocycles. The fourth-order valence-electron chi connectivity index (χ4n) is 2.34. The van der Waals surface area contributed by atoms with Gasteiger partial charge >= 0.3 is 5.97 Å². The number of rotatable bonds is 4. The summed E-state index contributed by atoms with van der Waals surface area (Å²) in [5.74, 6) is -0.157. The van der Waals surface area contributed by atoms with Crippen molar-refractivity contribution in [3.05, 3.63) is 36.0 Å². The highest BCUT2D eigenvalue weighted by Crippen LogP contribution is 2.24. The molecule has 0 aliphatic rings. The van der Waals surface area contributed by atoms with Crippen LogP contribution >= 0.6 is 0 Å². The Morgan fingerprint density at radius 2 is 2.05 bits per heavy atom. The van der Waals surface area contributed by atoms with Crippen molar-refractivity contribution in [3.8, 4) is 0 Å². The van der Waals surface area contributed by atoms with E-state index in [1.54, 1.807) is 0 Å². The lowest BCUT2D eigenvalue weighted by Gasteiger charge is -2.19. The highest BCUT2D eigenvalue weighted by molar-refractivity contribution is 5.84. The summed E-state index contributed by atoms with van der Waals surface area (Å²) in [6, 6.07) is 8.07. The monoisotopic (exact) mass is 259 g/mol. The molecule has 19 heavy (non-hydrogen) atoms. The van der Waals surface area contributed by atoms with Crippen molar-refractivity contribution in [1.82, 2.24) is 4.57 Å². The molecular weight excluding hydrogens is 238 g/mol. The number of aryl methyl sites for hydroxylation is 1. The van der Waals surface area contributed by atoms with Gasteiger partial charge in [-0.1, -0.05) is 18.6 Å². The van der Waals surface area contributed by atoms with Crippen LogP contribution in [0, 0.1) is 6.92 Å². The molecule has 2 rings (SSSR count). The Bertz CT molecular complexity index is 583. The number of carbonyl (C=O) groups excluding carboxylic acids is 1. The van der Waals surface area contributed by atoms with Gasteiger partial charge in [0.15, 0.2) is 0 Å².